The van der Waals surface area contributed by atoms with Gasteiger partial charge in [-0.3, -0.25) is 20.2 Å². The molecule has 1 aromatic heterocycles. The average Bonchev–Trinajstić information content (AvgIpc) is 3.17. The van der Waals surface area contributed by atoms with Gasteiger partial charge in [-0.15, -0.1) is 5.10 Å². The van der Waals surface area contributed by atoms with Crippen LogP contribution in [0.25, 0.3) is 5.69 Å². The second-order valence-electron chi connectivity index (χ2n) is 7.49. The number of hydrogen-bond acceptors (Lipinski definition) is 6. The number of hydrogen-bond donors (Lipinski definition) is 4. The third-order valence-corrected chi connectivity index (χ3v) is 5.33. The first-order valence-electron chi connectivity index (χ1n) is 10.3. The summed E-state index contributed by atoms with van der Waals surface area (Å²) in [6, 6.07) is 8.94. The maximum absolute atomic E-state index is 12.7. The van der Waals surface area contributed by atoms with Crippen LogP contribution < -0.4 is 21.3 Å². The van der Waals surface area contributed by atoms with Crippen LogP contribution in [0.1, 0.15) is 38.5 Å². The molecule has 0 saturated carbocycles. The predicted molar refractivity (Wildman–Crippen MR) is 110 cm³/mol. The van der Waals surface area contributed by atoms with Crippen LogP contribution >= 0.6 is 0 Å². The molecular weight excluding hydrogens is 370 g/mol. The van der Waals surface area contributed by atoms with Crippen molar-refractivity contribution in [2.24, 2.45) is 0 Å². The van der Waals surface area contributed by atoms with E-state index in [4.69, 9.17) is 0 Å². The Bertz CT molecular complexity index is 840. The molecule has 4 rings (SSSR count). The van der Waals surface area contributed by atoms with Gasteiger partial charge < -0.3 is 10.6 Å². The minimum Gasteiger partial charge on any atom is -0.306 e. The van der Waals surface area contributed by atoms with Crippen LogP contribution in [0.3, 0.4) is 0 Å². The van der Waals surface area contributed by atoms with Crippen molar-refractivity contribution in [2.45, 2.75) is 50.6 Å². The lowest BCUT2D eigenvalue weighted by Crippen LogP contribution is -2.44. The molecule has 0 bridgehead atoms. The van der Waals surface area contributed by atoms with Gasteiger partial charge in [-0.1, -0.05) is 31.0 Å². The molecule has 4 N–H and O–H groups in total. The summed E-state index contributed by atoms with van der Waals surface area (Å²) in [7, 11) is 0. The number of piperidine rings is 2. The molecule has 29 heavy (non-hydrogen) atoms. The van der Waals surface area contributed by atoms with Crippen LogP contribution in [-0.2, 0) is 9.59 Å². The SMILES string of the molecule is O=C(Nc1nc(NC(=O)C2CCCCN2)n(-c2ccccc2)n1)C1CCCCN1. The second kappa shape index (κ2) is 9.15. The molecule has 1 aromatic carbocycles. The maximum atomic E-state index is 12.7. The van der Waals surface area contributed by atoms with Crippen LogP contribution in [0.2, 0.25) is 0 Å². The highest BCUT2D eigenvalue weighted by atomic mass is 16.2. The van der Waals surface area contributed by atoms with Gasteiger partial charge in [-0.05, 0) is 50.9 Å². The fourth-order valence-corrected chi connectivity index (χ4v) is 3.74. The number of carbonyl (C=O) groups excluding carboxylic acids is 2. The molecule has 0 aliphatic carbocycles. The van der Waals surface area contributed by atoms with Crippen LogP contribution in [0.15, 0.2) is 30.3 Å². The average molecular weight is 397 g/mol. The van der Waals surface area contributed by atoms with Crippen molar-refractivity contribution in [3.8, 4) is 5.69 Å². The van der Waals surface area contributed by atoms with Gasteiger partial charge in [0.1, 0.15) is 0 Å². The Morgan fingerprint density at radius 2 is 1.52 bits per heavy atom. The lowest BCUT2D eigenvalue weighted by Gasteiger charge is -2.22. The quantitative estimate of drug-likeness (QED) is 0.607. The van der Waals surface area contributed by atoms with E-state index in [1.807, 2.05) is 30.3 Å². The van der Waals surface area contributed by atoms with Crippen LogP contribution in [0.4, 0.5) is 11.9 Å². The van der Waals surface area contributed by atoms with Crippen molar-refractivity contribution in [3.63, 3.8) is 0 Å². The molecule has 3 heterocycles. The molecule has 2 fully saturated rings. The molecule has 2 aromatic rings. The maximum Gasteiger partial charge on any atom is 0.251 e. The Hall–Kier alpha value is -2.78. The summed E-state index contributed by atoms with van der Waals surface area (Å²) in [4.78, 5) is 29.6. The molecule has 9 nitrogen and oxygen atoms in total. The highest BCUT2D eigenvalue weighted by Gasteiger charge is 2.25. The number of amides is 2. The molecule has 2 unspecified atom stereocenters. The molecule has 2 saturated heterocycles. The summed E-state index contributed by atoms with van der Waals surface area (Å²) < 4.78 is 1.55. The van der Waals surface area contributed by atoms with E-state index in [1.54, 1.807) is 4.68 Å². The normalized spacial score (nSPS) is 22.1. The first-order chi connectivity index (χ1) is 14.2. The minimum atomic E-state index is -0.242. The largest absolute Gasteiger partial charge is 0.306 e. The molecule has 2 atom stereocenters. The number of para-hydroxylation sites is 1. The number of aromatic nitrogens is 3. The van der Waals surface area contributed by atoms with Crippen molar-refractivity contribution in [3.05, 3.63) is 30.3 Å². The van der Waals surface area contributed by atoms with E-state index in [2.05, 4.69) is 31.3 Å². The summed E-state index contributed by atoms with van der Waals surface area (Å²) in [5, 5.41) is 16.5. The van der Waals surface area contributed by atoms with Gasteiger partial charge in [0.2, 0.25) is 17.8 Å². The molecule has 154 valence electrons. The van der Waals surface area contributed by atoms with E-state index in [9.17, 15) is 9.59 Å². The van der Waals surface area contributed by atoms with Crippen LogP contribution in [0, 0.1) is 0 Å². The smallest absolute Gasteiger partial charge is 0.251 e. The van der Waals surface area contributed by atoms with E-state index < -0.39 is 0 Å². The number of benzene rings is 1. The summed E-state index contributed by atoms with van der Waals surface area (Å²) >= 11 is 0. The van der Waals surface area contributed by atoms with Crippen molar-refractivity contribution >= 4 is 23.7 Å². The fraction of sp³-hybridized carbons (Fsp3) is 0.500. The molecule has 2 aliphatic rings. The van der Waals surface area contributed by atoms with Gasteiger partial charge in [-0.25, -0.2) is 0 Å². The van der Waals surface area contributed by atoms with Crippen molar-refractivity contribution in [2.75, 3.05) is 23.7 Å². The monoisotopic (exact) mass is 397 g/mol. The van der Waals surface area contributed by atoms with Crippen LogP contribution in [0.5, 0.6) is 0 Å². The molecule has 0 radical (unpaired) electrons. The van der Waals surface area contributed by atoms with E-state index >= 15 is 0 Å². The summed E-state index contributed by atoms with van der Waals surface area (Å²) in [6.07, 6.45) is 5.79. The van der Waals surface area contributed by atoms with Gasteiger partial charge in [0.15, 0.2) is 0 Å². The van der Waals surface area contributed by atoms with Crippen molar-refractivity contribution < 1.29 is 9.59 Å². The van der Waals surface area contributed by atoms with E-state index in [0.717, 1.165) is 57.3 Å². The second-order valence-corrected chi connectivity index (χ2v) is 7.49. The Kier molecular flexibility index (Phi) is 6.16. The topological polar surface area (TPSA) is 113 Å². The van der Waals surface area contributed by atoms with E-state index in [1.165, 1.54) is 0 Å². The van der Waals surface area contributed by atoms with Crippen molar-refractivity contribution in [1.29, 1.82) is 0 Å². The minimum absolute atomic E-state index is 0.138. The number of rotatable bonds is 5. The standard InChI is InChI=1S/C20H27N7O2/c28-17(15-10-4-6-12-21-15)23-19-25-20(24-18(29)16-11-5-7-13-22-16)27(26-19)14-8-2-1-3-9-14/h1-3,8-9,15-16,21-22H,4-7,10-13H2,(H2,23,24,25,26,28,29). The van der Waals surface area contributed by atoms with E-state index in [0.29, 0.717) is 5.95 Å². The zero-order valence-electron chi connectivity index (χ0n) is 16.4. The fourth-order valence-electron chi connectivity index (χ4n) is 3.74. The van der Waals surface area contributed by atoms with Crippen LogP contribution in [-0.4, -0.2) is 51.8 Å². The number of nitrogens with one attached hydrogen (secondary N) is 4. The summed E-state index contributed by atoms with van der Waals surface area (Å²) in [5.74, 6) is 0.182. The highest BCUT2D eigenvalue weighted by molar-refractivity contribution is 5.95. The van der Waals surface area contributed by atoms with E-state index in [-0.39, 0.29) is 29.8 Å². The third kappa shape index (κ3) is 4.80. The summed E-state index contributed by atoms with van der Waals surface area (Å²) in [6.45, 7) is 1.67. The molecule has 9 heteroatoms. The van der Waals surface area contributed by atoms with Gasteiger partial charge >= 0.3 is 0 Å². The van der Waals surface area contributed by atoms with Gasteiger partial charge in [0, 0.05) is 0 Å². The Morgan fingerprint density at radius 1 is 0.897 bits per heavy atom. The lowest BCUT2D eigenvalue weighted by atomic mass is 10.0. The highest BCUT2D eigenvalue weighted by Crippen LogP contribution is 2.18. The Morgan fingerprint density at radius 3 is 2.10 bits per heavy atom. The number of anilines is 2. The molecule has 2 amide bonds. The predicted octanol–water partition coefficient (Wildman–Crippen LogP) is 1.43. The van der Waals surface area contributed by atoms with Gasteiger partial charge in [-0.2, -0.15) is 9.67 Å². The first kappa shape index (κ1) is 19.5. The van der Waals surface area contributed by atoms with Gasteiger partial charge in [0.25, 0.3) is 5.95 Å². The Labute approximate surface area is 169 Å². The zero-order valence-corrected chi connectivity index (χ0v) is 16.4. The zero-order chi connectivity index (χ0) is 20.1. The summed E-state index contributed by atoms with van der Waals surface area (Å²) in [5.41, 5.74) is 0.753. The third-order valence-electron chi connectivity index (χ3n) is 5.33. The number of carbonyl (C=O) groups is 2. The van der Waals surface area contributed by atoms with Crippen molar-refractivity contribution in [1.82, 2.24) is 25.4 Å². The lowest BCUT2D eigenvalue weighted by molar-refractivity contribution is -0.119. The first-order valence-corrected chi connectivity index (χ1v) is 10.3. The number of nitrogens with zero attached hydrogens (tertiary/aromatic N) is 3. The van der Waals surface area contributed by atoms with Gasteiger partial charge in [0.05, 0.1) is 17.8 Å². The molecule has 0 spiro atoms. The Balaban J connectivity index is 1.53. The molecular formula is C20H27N7O2. The molecule has 2 aliphatic heterocycles.